The summed E-state index contributed by atoms with van der Waals surface area (Å²) in [5.74, 6) is 0.148. The molecule has 2 heterocycles. The van der Waals surface area contributed by atoms with E-state index < -0.39 is 0 Å². The maximum atomic E-state index is 13.3. The number of piperazine rings is 1. The zero-order valence-electron chi connectivity index (χ0n) is 19.3. The fourth-order valence-electron chi connectivity index (χ4n) is 4.74. The van der Waals surface area contributed by atoms with Crippen molar-refractivity contribution < 1.29 is 9.59 Å². The molecule has 2 unspecified atom stereocenters. The summed E-state index contributed by atoms with van der Waals surface area (Å²) in [4.78, 5) is 36.3. The predicted molar refractivity (Wildman–Crippen MR) is 129 cm³/mol. The first-order chi connectivity index (χ1) is 15.4. The lowest BCUT2D eigenvalue weighted by Crippen LogP contribution is -2.52. The van der Waals surface area contributed by atoms with E-state index in [1.165, 1.54) is 11.3 Å². The normalized spacial score (nSPS) is 20.1. The van der Waals surface area contributed by atoms with Gasteiger partial charge < -0.3 is 10.2 Å². The van der Waals surface area contributed by atoms with E-state index in [-0.39, 0.29) is 23.7 Å². The lowest BCUT2D eigenvalue weighted by atomic mass is 9.89. The summed E-state index contributed by atoms with van der Waals surface area (Å²) in [5, 5.41) is 3.62. The minimum atomic E-state index is -0.172. The number of thiazole rings is 1. The smallest absolute Gasteiger partial charge is 0.231 e. The number of rotatable bonds is 6. The standard InChI is InChI=1S/C25H34N4O2S/c1-17(2)28-12-14-29(15-13-28)24(31)20-10-7-11-21-23(20)27-25(32-21)26-22(30)16-18(3)19-8-5-4-6-9-19/h4-6,8-9,17-18,20H,7,10-16H2,1-3H3,(H,26,27,30). The van der Waals surface area contributed by atoms with Crippen molar-refractivity contribution in [1.29, 1.82) is 0 Å². The van der Waals surface area contributed by atoms with E-state index in [9.17, 15) is 9.59 Å². The molecule has 2 aromatic rings. The monoisotopic (exact) mass is 454 g/mol. The van der Waals surface area contributed by atoms with Crippen molar-refractivity contribution in [3.05, 3.63) is 46.5 Å². The average molecular weight is 455 g/mol. The van der Waals surface area contributed by atoms with Gasteiger partial charge in [0.15, 0.2) is 5.13 Å². The third-order valence-corrected chi connectivity index (χ3v) is 7.76. The van der Waals surface area contributed by atoms with E-state index in [2.05, 4.69) is 43.1 Å². The number of hydrogen-bond acceptors (Lipinski definition) is 5. The van der Waals surface area contributed by atoms with Gasteiger partial charge in [-0.3, -0.25) is 14.5 Å². The molecule has 0 radical (unpaired) electrons. The molecular formula is C25H34N4O2S. The Morgan fingerprint density at radius 2 is 1.84 bits per heavy atom. The van der Waals surface area contributed by atoms with E-state index in [0.29, 0.717) is 17.6 Å². The fraction of sp³-hybridized carbons (Fsp3) is 0.560. The van der Waals surface area contributed by atoms with Crippen molar-refractivity contribution >= 4 is 28.3 Å². The Kier molecular flexibility index (Phi) is 7.26. The molecule has 1 fully saturated rings. The first kappa shape index (κ1) is 22.9. The molecule has 2 amide bonds. The van der Waals surface area contributed by atoms with Crippen LogP contribution in [0.2, 0.25) is 0 Å². The van der Waals surface area contributed by atoms with Gasteiger partial charge in [-0.05, 0) is 44.6 Å². The molecule has 1 aliphatic carbocycles. The Hall–Kier alpha value is -2.25. The Bertz CT molecular complexity index is 935. The SMILES string of the molecule is CC(CC(=O)Nc1nc2c(s1)CCCC2C(=O)N1CCN(C(C)C)CC1)c1ccccc1. The van der Waals surface area contributed by atoms with Gasteiger partial charge in [0, 0.05) is 43.5 Å². The lowest BCUT2D eigenvalue weighted by Gasteiger charge is -2.38. The van der Waals surface area contributed by atoms with Gasteiger partial charge in [0.1, 0.15) is 0 Å². The van der Waals surface area contributed by atoms with Crippen molar-refractivity contribution in [3.8, 4) is 0 Å². The van der Waals surface area contributed by atoms with Gasteiger partial charge in [-0.2, -0.15) is 0 Å². The van der Waals surface area contributed by atoms with Gasteiger partial charge in [-0.1, -0.05) is 37.3 Å². The molecule has 172 valence electrons. The molecule has 32 heavy (non-hydrogen) atoms. The molecule has 1 N–H and O–H groups in total. The van der Waals surface area contributed by atoms with Gasteiger partial charge in [-0.25, -0.2) is 4.98 Å². The third-order valence-electron chi connectivity index (χ3n) is 6.72. The van der Waals surface area contributed by atoms with Crippen LogP contribution in [-0.4, -0.2) is 58.8 Å². The second-order valence-electron chi connectivity index (χ2n) is 9.29. The first-order valence-electron chi connectivity index (χ1n) is 11.8. The van der Waals surface area contributed by atoms with Crippen molar-refractivity contribution in [2.24, 2.45) is 0 Å². The van der Waals surface area contributed by atoms with Crippen molar-refractivity contribution in [3.63, 3.8) is 0 Å². The van der Waals surface area contributed by atoms with Crippen LogP contribution in [-0.2, 0) is 16.0 Å². The van der Waals surface area contributed by atoms with Gasteiger partial charge in [0.2, 0.25) is 11.8 Å². The van der Waals surface area contributed by atoms with Crippen molar-refractivity contribution in [2.45, 2.75) is 64.3 Å². The molecule has 4 rings (SSSR count). The quantitative estimate of drug-likeness (QED) is 0.709. The topological polar surface area (TPSA) is 65.5 Å². The predicted octanol–water partition coefficient (Wildman–Crippen LogP) is 4.25. The highest BCUT2D eigenvalue weighted by atomic mass is 32.1. The van der Waals surface area contributed by atoms with E-state index in [1.54, 1.807) is 0 Å². The van der Waals surface area contributed by atoms with Crippen LogP contribution in [0.1, 0.15) is 68.0 Å². The molecule has 2 aliphatic rings. The maximum absolute atomic E-state index is 13.3. The number of nitrogens with zero attached hydrogens (tertiary/aromatic N) is 3. The molecule has 2 atom stereocenters. The summed E-state index contributed by atoms with van der Waals surface area (Å²) in [6, 6.07) is 10.6. The summed E-state index contributed by atoms with van der Waals surface area (Å²) in [7, 11) is 0. The van der Waals surface area contributed by atoms with Crippen molar-refractivity contribution in [2.75, 3.05) is 31.5 Å². The Morgan fingerprint density at radius 3 is 2.53 bits per heavy atom. The zero-order valence-corrected chi connectivity index (χ0v) is 20.2. The maximum Gasteiger partial charge on any atom is 0.231 e. The summed E-state index contributed by atoms with van der Waals surface area (Å²) in [6.45, 7) is 9.91. The molecule has 0 saturated carbocycles. The van der Waals surface area contributed by atoms with Crippen LogP contribution >= 0.6 is 11.3 Å². The van der Waals surface area contributed by atoms with Gasteiger partial charge in [0.25, 0.3) is 0 Å². The van der Waals surface area contributed by atoms with Crippen LogP contribution in [0.15, 0.2) is 30.3 Å². The highest BCUT2D eigenvalue weighted by Crippen LogP contribution is 2.38. The van der Waals surface area contributed by atoms with Crippen LogP contribution in [0.5, 0.6) is 0 Å². The molecule has 1 aliphatic heterocycles. The van der Waals surface area contributed by atoms with Crippen LogP contribution < -0.4 is 5.32 Å². The highest BCUT2D eigenvalue weighted by Gasteiger charge is 2.34. The molecule has 1 saturated heterocycles. The zero-order chi connectivity index (χ0) is 22.7. The number of hydrogen-bond donors (Lipinski definition) is 1. The number of fused-ring (bicyclic) bond motifs is 1. The Labute approximate surface area is 195 Å². The second kappa shape index (κ2) is 10.1. The number of nitrogens with one attached hydrogen (secondary N) is 1. The Balaban J connectivity index is 1.39. The number of anilines is 1. The van der Waals surface area contributed by atoms with Crippen LogP contribution in [0.3, 0.4) is 0 Å². The minimum absolute atomic E-state index is 0.0277. The number of benzene rings is 1. The highest BCUT2D eigenvalue weighted by molar-refractivity contribution is 7.15. The van der Waals surface area contributed by atoms with Gasteiger partial charge in [-0.15, -0.1) is 11.3 Å². The first-order valence-corrected chi connectivity index (χ1v) is 12.6. The third kappa shape index (κ3) is 5.21. The molecular weight excluding hydrogens is 420 g/mol. The minimum Gasteiger partial charge on any atom is -0.340 e. The van der Waals surface area contributed by atoms with Gasteiger partial charge in [0.05, 0.1) is 11.6 Å². The number of aryl methyl sites for hydroxylation is 1. The summed E-state index contributed by atoms with van der Waals surface area (Å²) >= 11 is 1.54. The largest absolute Gasteiger partial charge is 0.340 e. The van der Waals surface area contributed by atoms with E-state index in [4.69, 9.17) is 4.98 Å². The average Bonchev–Trinajstić information content (AvgIpc) is 3.21. The van der Waals surface area contributed by atoms with E-state index in [0.717, 1.165) is 61.6 Å². The van der Waals surface area contributed by atoms with Crippen LogP contribution in [0.4, 0.5) is 5.13 Å². The second-order valence-corrected chi connectivity index (χ2v) is 10.4. The molecule has 6 nitrogen and oxygen atoms in total. The number of carbonyl (C=O) groups is 2. The van der Waals surface area contributed by atoms with Crippen LogP contribution in [0.25, 0.3) is 0 Å². The van der Waals surface area contributed by atoms with Gasteiger partial charge >= 0.3 is 0 Å². The molecule has 0 spiro atoms. The number of carbonyl (C=O) groups excluding carboxylic acids is 2. The summed E-state index contributed by atoms with van der Waals surface area (Å²) in [6.07, 6.45) is 3.19. The molecule has 7 heteroatoms. The number of aromatic nitrogens is 1. The fourth-order valence-corrected chi connectivity index (χ4v) is 5.82. The van der Waals surface area contributed by atoms with E-state index >= 15 is 0 Å². The Morgan fingerprint density at radius 1 is 1.12 bits per heavy atom. The summed E-state index contributed by atoms with van der Waals surface area (Å²) < 4.78 is 0. The summed E-state index contributed by atoms with van der Waals surface area (Å²) in [5.41, 5.74) is 2.05. The van der Waals surface area contributed by atoms with Crippen LogP contribution in [0, 0.1) is 0 Å². The number of amides is 2. The lowest BCUT2D eigenvalue weighted by molar-refractivity contribution is -0.135. The van der Waals surface area contributed by atoms with E-state index in [1.807, 2.05) is 23.1 Å². The van der Waals surface area contributed by atoms with Crippen molar-refractivity contribution in [1.82, 2.24) is 14.8 Å². The molecule has 1 aromatic heterocycles. The molecule has 0 bridgehead atoms. The molecule has 1 aromatic carbocycles.